The van der Waals surface area contributed by atoms with Gasteiger partial charge in [0.15, 0.2) is 0 Å². The third kappa shape index (κ3) is 3.52. The summed E-state index contributed by atoms with van der Waals surface area (Å²) in [6, 6.07) is 3.57. The molecule has 0 bridgehead atoms. The van der Waals surface area contributed by atoms with Crippen molar-refractivity contribution < 1.29 is 9.66 Å². The van der Waals surface area contributed by atoms with Gasteiger partial charge in [0, 0.05) is 10.2 Å². The van der Waals surface area contributed by atoms with Crippen molar-refractivity contribution in [2.75, 3.05) is 6.61 Å². The summed E-state index contributed by atoms with van der Waals surface area (Å²) in [4.78, 5) is 10.5. The van der Waals surface area contributed by atoms with Crippen LogP contribution in [0, 0.1) is 17.3 Å². The molecule has 0 N–H and O–H groups in total. The van der Waals surface area contributed by atoms with Crippen LogP contribution in [0.2, 0.25) is 0 Å². The van der Waals surface area contributed by atoms with Crippen molar-refractivity contribution in [2.45, 2.75) is 13.5 Å². The minimum absolute atomic E-state index is 0.157. The van der Waals surface area contributed by atoms with E-state index >= 15 is 0 Å². The van der Waals surface area contributed by atoms with Gasteiger partial charge in [-0.15, -0.1) is 0 Å². The third-order valence-corrected chi connectivity index (χ3v) is 3.20. The lowest BCUT2D eigenvalue weighted by molar-refractivity contribution is -0.386. The van der Waals surface area contributed by atoms with Crippen LogP contribution in [-0.2, 0) is 11.3 Å². The second-order valence-electron chi connectivity index (χ2n) is 2.79. The van der Waals surface area contributed by atoms with Crippen LogP contribution in [0.5, 0.6) is 0 Å². The van der Waals surface area contributed by atoms with E-state index in [-0.39, 0.29) is 10.6 Å². The van der Waals surface area contributed by atoms with Gasteiger partial charge in [0.2, 0.25) is 0 Å². The third-order valence-electron chi connectivity index (χ3n) is 1.75. The molecule has 0 spiro atoms. The molecule has 0 saturated heterocycles. The lowest BCUT2D eigenvalue weighted by Crippen LogP contribution is -2.01. The van der Waals surface area contributed by atoms with Gasteiger partial charge in [-0.1, -0.05) is 0 Å². The molecule has 4 nitrogen and oxygen atoms in total. The molecule has 0 fully saturated rings. The molecule has 0 unspecified atom stereocenters. The summed E-state index contributed by atoms with van der Waals surface area (Å²) in [5, 5.41) is 10.9. The van der Waals surface area contributed by atoms with E-state index in [2.05, 4.69) is 22.6 Å². The van der Waals surface area contributed by atoms with Gasteiger partial charge in [-0.2, -0.15) is 0 Å². The summed E-state index contributed by atoms with van der Waals surface area (Å²) < 4.78 is 6.84. The van der Waals surface area contributed by atoms with E-state index in [1.807, 2.05) is 29.5 Å². The van der Waals surface area contributed by atoms with Gasteiger partial charge in [-0.05, 0) is 64.2 Å². The predicted octanol–water partition coefficient (Wildman–Crippen LogP) is 3.34. The van der Waals surface area contributed by atoms with Crippen molar-refractivity contribution in [1.29, 1.82) is 0 Å². The van der Waals surface area contributed by atoms with E-state index in [0.717, 1.165) is 3.57 Å². The SMILES string of the molecule is CCOCc1cc(I)cc(I)c1[N+](=O)[O-]. The fourth-order valence-corrected chi connectivity index (χ4v) is 3.31. The van der Waals surface area contributed by atoms with Gasteiger partial charge >= 0.3 is 0 Å². The second kappa shape index (κ2) is 5.94. The summed E-state index contributed by atoms with van der Waals surface area (Å²) >= 11 is 4.12. The molecule has 0 radical (unpaired) electrons. The normalized spacial score (nSPS) is 10.3. The summed E-state index contributed by atoms with van der Waals surface area (Å²) in [5.41, 5.74) is 0.794. The molecular weight excluding hydrogens is 424 g/mol. The maximum atomic E-state index is 10.9. The first-order chi connectivity index (χ1) is 7.06. The molecule has 0 aromatic heterocycles. The largest absolute Gasteiger partial charge is 0.377 e. The van der Waals surface area contributed by atoms with Crippen LogP contribution >= 0.6 is 45.2 Å². The number of nitro groups is 1. The van der Waals surface area contributed by atoms with Crippen molar-refractivity contribution in [3.63, 3.8) is 0 Å². The lowest BCUT2D eigenvalue weighted by atomic mass is 10.2. The molecule has 6 heteroatoms. The van der Waals surface area contributed by atoms with Gasteiger partial charge in [-0.3, -0.25) is 10.1 Å². The highest BCUT2D eigenvalue weighted by molar-refractivity contribution is 14.1. The molecule has 1 aromatic carbocycles. The van der Waals surface area contributed by atoms with Crippen LogP contribution < -0.4 is 0 Å². The number of benzene rings is 1. The van der Waals surface area contributed by atoms with E-state index in [1.54, 1.807) is 12.1 Å². The number of hydrogen-bond acceptors (Lipinski definition) is 3. The first-order valence-corrected chi connectivity index (χ1v) is 6.42. The van der Waals surface area contributed by atoms with Crippen molar-refractivity contribution in [2.24, 2.45) is 0 Å². The van der Waals surface area contributed by atoms with Crippen LogP contribution in [0.3, 0.4) is 0 Å². The van der Waals surface area contributed by atoms with E-state index in [9.17, 15) is 10.1 Å². The van der Waals surface area contributed by atoms with E-state index in [4.69, 9.17) is 4.74 Å². The Kier molecular flexibility index (Phi) is 5.19. The fraction of sp³-hybridized carbons (Fsp3) is 0.333. The van der Waals surface area contributed by atoms with Gasteiger partial charge in [0.05, 0.1) is 20.7 Å². The Morgan fingerprint density at radius 3 is 2.67 bits per heavy atom. The lowest BCUT2D eigenvalue weighted by Gasteiger charge is -2.05. The molecule has 1 aromatic rings. The van der Waals surface area contributed by atoms with Gasteiger partial charge in [0.25, 0.3) is 5.69 Å². The molecule has 0 saturated carbocycles. The number of halogens is 2. The maximum absolute atomic E-state index is 10.9. The average molecular weight is 433 g/mol. The number of rotatable bonds is 4. The minimum atomic E-state index is -0.355. The first kappa shape index (κ1) is 13.1. The van der Waals surface area contributed by atoms with Gasteiger partial charge < -0.3 is 4.74 Å². The molecule has 1 rings (SSSR count). The Morgan fingerprint density at radius 2 is 2.13 bits per heavy atom. The van der Waals surface area contributed by atoms with Crippen molar-refractivity contribution in [3.8, 4) is 0 Å². The Hall–Kier alpha value is 0.0400. The first-order valence-electron chi connectivity index (χ1n) is 4.26. The highest BCUT2D eigenvalue weighted by Gasteiger charge is 2.18. The van der Waals surface area contributed by atoms with E-state index in [0.29, 0.717) is 22.3 Å². The molecule has 0 aliphatic rings. The molecule has 0 atom stereocenters. The van der Waals surface area contributed by atoms with Crippen LogP contribution in [0.1, 0.15) is 12.5 Å². The molecule has 0 aliphatic heterocycles. The minimum Gasteiger partial charge on any atom is -0.377 e. The summed E-state index contributed by atoms with van der Waals surface area (Å²) in [6.07, 6.45) is 0. The van der Waals surface area contributed by atoms with Crippen molar-refractivity contribution in [1.82, 2.24) is 0 Å². The molecule has 0 aliphatic carbocycles. The highest BCUT2D eigenvalue weighted by atomic mass is 127. The van der Waals surface area contributed by atoms with Gasteiger partial charge in [0.1, 0.15) is 0 Å². The summed E-state index contributed by atoms with van der Waals surface area (Å²) in [7, 11) is 0. The Balaban J connectivity index is 3.14. The van der Waals surface area contributed by atoms with Crippen molar-refractivity contribution in [3.05, 3.63) is 35.0 Å². The van der Waals surface area contributed by atoms with E-state index in [1.165, 1.54) is 0 Å². The Labute approximate surface area is 115 Å². The van der Waals surface area contributed by atoms with Crippen LogP contribution in [0.4, 0.5) is 5.69 Å². The van der Waals surface area contributed by atoms with Crippen LogP contribution in [0.25, 0.3) is 0 Å². The molecular formula is C9H9I2NO3. The van der Waals surface area contributed by atoms with E-state index < -0.39 is 0 Å². The molecule has 82 valence electrons. The quantitative estimate of drug-likeness (QED) is 0.416. The maximum Gasteiger partial charge on any atom is 0.288 e. The van der Waals surface area contributed by atoms with Crippen LogP contribution in [0.15, 0.2) is 12.1 Å². The average Bonchev–Trinajstić information content (AvgIpc) is 2.12. The predicted molar refractivity (Wildman–Crippen MR) is 73.9 cm³/mol. The number of nitrogens with zero attached hydrogens (tertiary/aromatic N) is 1. The topological polar surface area (TPSA) is 52.4 Å². The highest BCUT2D eigenvalue weighted by Crippen LogP contribution is 2.28. The monoisotopic (exact) mass is 433 g/mol. The zero-order valence-corrected chi connectivity index (χ0v) is 12.3. The Morgan fingerprint density at radius 1 is 1.47 bits per heavy atom. The van der Waals surface area contributed by atoms with Gasteiger partial charge in [-0.25, -0.2) is 0 Å². The number of nitro benzene ring substituents is 1. The zero-order valence-electron chi connectivity index (χ0n) is 8.00. The second-order valence-corrected chi connectivity index (χ2v) is 5.20. The zero-order chi connectivity index (χ0) is 11.4. The Bertz CT molecular complexity index is 382. The molecule has 0 amide bonds. The molecule has 15 heavy (non-hydrogen) atoms. The summed E-state index contributed by atoms with van der Waals surface area (Å²) in [6.45, 7) is 2.71. The van der Waals surface area contributed by atoms with Crippen molar-refractivity contribution >= 4 is 50.9 Å². The number of ether oxygens (including phenoxy) is 1. The van der Waals surface area contributed by atoms with Crippen LogP contribution in [-0.4, -0.2) is 11.5 Å². The molecule has 0 heterocycles. The fourth-order valence-electron chi connectivity index (χ4n) is 1.15. The summed E-state index contributed by atoms with van der Waals surface area (Å²) in [5.74, 6) is 0. The number of hydrogen-bond donors (Lipinski definition) is 0. The smallest absolute Gasteiger partial charge is 0.288 e. The standard InChI is InChI=1S/C9H9I2NO3/c1-2-15-5-6-3-7(10)4-8(11)9(6)12(13)14/h3-4H,2,5H2,1H3.